The van der Waals surface area contributed by atoms with E-state index in [2.05, 4.69) is 36.5 Å². The Balaban J connectivity index is 1.82. The second-order valence-electron chi connectivity index (χ2n) is 5.26. The van der Waals surface area contributed by atoms with Crippen molar-refractivity contribution in [3.05, 3.63) is 35.4 Å². The Morgan fingerprint density at radius 1 is 1.35 bits per heavy atom. The Morgan fingerprint density at radius 2 is 2.12 bits per heavy atom. The summed E-state index contributed by atoms with van der Waals surface area (Å²) >= 11 is 0. The summed E-state index contributed by atoms with van der Waals surface area (Å²) in [6, 6.07) is 9.42. The van der Waals surface area contributed by atoms with Gasteiger partial charge >= 0.3 is 0 Å². The molecule has 94 valence electrons. The summed E-state index contributed by atoms with van der Waals surface area (Å²) < 4.78 is 0. The molecule has 0 aliphatic heterocycles. The van der Waals surface area contributed by atoms with E-state index in [9.17, 15) is 0 Å². The summed E-state index contributed by atoms with van der Waals surface area (Å²) in [4.78, 5) is 0. The maximum Gasteiger partial charge on any atom is 0.00508 e. The monoisotopic (exact) mass is 232 g/mol. The van der Waals surface area contributed by atoms with E-state index < -0.39 is 0 Å². The third-order valence-corrected chi connectivity index (χ3v) is 3.80. The Bertz CT molecular complexity index is 349. The average molecular weight is 232 g/mol. The Kier molecular flexibility index (Phi) is 4.57. The molecule has 0 saturated heterocycles. The Morgan fingerprint density at radius 3 is 2.88 bits per heavy atom. The van der Waals surface area contributed by atoms with E-state index >= 15 is 0 Å². The lowest BCUT2D eigenvalue weighted by molar-refractivity contribution is 0.392. The highest BCUT2D eigenvalue weighted by Gasteiger charge is 2.18. The van der Waals surface area contributed by atoms with Crippen LogP contribution in [0.2, 0.25) is 0 Å². The van der Waals surface area contributed by atoms with E-state index in [-0.39, 0.29) is 0 Å². The maximum atomic E-state index is 5.56. The maximum absolute atomic E-state index is 5.56. The number of rotatable bonds is 5. The predicted octanol–water partition coefficient (Wildman–Crippen LogP) is 2.12. The van der Waals surface area contributed by atoms with E-state index in [1.54, 1.807) is 11.1 Å². The van der Waals surface area contributed by atoms with Crippen LogP contribution in [0.4, 0.5) is 0 Å². The van der Waals surface area contributed by atoms with Crippen molar-refractivity contribution in [2.24, 2.45) is 11.7 Å². The van der Waals surface area contributed by atoms with Crippen molar-refractivity contribution in [2.45, 2.75) is 38.6 Å². The molecule has 0 aromatic heterocycles. The quantitative estimate of drug-likeness (QED) is 0.816. The van der Waals surface area contributed by atoms with Crippen molar-refractivity contribution >= 4 is 0 Å². The minimum absolute atomic E-state index is 0.553. The zero-order chi connectivity index (χ0) is 12.1. The van der Waals surface area contributed by atoms with Gasteiger partial charge in [0.1, 0.15) is 0 Å². The molecule has 2 unspecified atom stereocenters. The first kappa shape index (κ1) is 12.6. The molecule has 2 nitrogen and oxygen atoms in total. The first-order chi connectivity index (χ1) is 8.29. The Labute approximate surface area is 105 Å². The zero-order valence-electron chi connectivity index (χ0n) is 10.8. The molecule has 2 heteroatoms. The minimum atomic E-state index is 0.553. The molecule has 1 aliphatic rings. The van der Waals surface area contributed by atoms with E-state index in [0.717, 1.165) is 25.4 Å². The molecule has 0 amide bonds. The summed E-state index contributed by atoms with van der Waals surface area (Å²) in [5.41, 5.74) is 8.67. The Hall–Kier alpha value is -0.860. The molecular formula is C15H24N2. The lowest BCUT2D eigenvalue weighted by Crippen LogP contribution is -2.34. The van der Waals surface area contributed by atoms with Crippen LogP contribution in [0.3, 0.4) is 0 Å². The van der Waals surface area contributed by atoms with Crippen LogP contribution in [0.5, 0.6) is 0 Å². The highest BCUT2D eigenvalue weighted by Crippen LogP contribution is 2.24. The smallest absolute Gasteiger partial charge is 0.00508 e. The first-order valence-corrected chi connectivity index (χ1v) is 6.80. The number of nitrogens with one attached hydrogen (secondary N) is 1. The van der Waals surface area contributed by atoms with E-state index in [0.29, 0.717) is 6.04 Å². The summed E-state index contributed by atoms with van der Waals surface area (Å²) in [5, 5.41) is 3.60. The number of hydrogen-bond acceptors (Lipinski definition) is 2. The van der Waals surface area contributed by atoms with Gasteiger partial charge in [0.2, 0.25) is 0 Å². The third-order valence-electron chi connectivity index (χ3n) is 3.80. The van der Waals surface area contributed by atoms with E-state index in [1.807, 2.05) is 0 Å². The standard InChI is InChI=1S/C15H24N2/c1-12(8-9-16)17-11-13-6-7-14-4-2-3-5-15(14)10-13/h2-5,12-13,17H,6-11,16H2,1H3. The third kappa shape index (κ3) is 3.55. The van der Waals surface area contributed by atoms with Crippen LogP contribution >= 0.6 is 0 Å². The molecule has 1 aliphatic carbocycles. The molecule has 3 N–H and O–H groups in total. The minimum Gasteiger partial charge on any atom is -0.330 e. The van der Waals surface area contributed by atoms with Gasteiger partial charge in [-0.05, 0) is 62.7 Å². The van der Waals surface area contributed by atoms with Gasteiger partial charge in [0.05, 0.1) is 0 Å². The van der Waals surface area contributed by atoms with Crippen LogP contribution in [-0.2, 0) is 12.8 Å². The molecule has 0 bridgehead atoms. The van der Waals surface area contributed by atoms with Gasteiger partial charge in [0, 0.05) is 6.04 Å². The second-order valence-corrected chi connectivity index (χ2v) is 5.26. The molecule has 0 radical (unpaired) electrons. The van der Waals surface area contributed by atoms with Crippen LogP contribution in [0.1, 0.15) is 30.9 Å². The molecule has 2 rings (SSSR count). The van der Waals surface area contributed by atoms with Crippen LogP contribution in [0, 0.1) is 5.92 Å². The fourth-order valence-corrected chi connectivity index (χ4v) is 2.67. The van der Waals surface area contributed by atoms with Gasteiger partial charge in [-0.15, -0.1) is 0 Å². The van der Waals surface area contributed by atoms with Crippen LogP contribution in [0.25, 0.3) is 0 Å². The average Bonchev–Trinajstić information content (AvgIpc) is 2.36. The van der Waals surface area contributed by atoms with Crippen LogP contribution < -0.4 is 11.1 Å². The number of hydrogen-bond donors (Lipinski definition) is 2. The molecule has 0 heterocycles. The van der Waals surface area contributed by atoms with E-state index in [4.69, 9.17) is 5.73 Å². The van der Waals surface area contributed by atoms with E-state index in [1.165, 1.54) is 19.3 Å². The highest BCUT2D eigenvalue weighted by atomic mass is 14.9. The second kappa shape index (κ2) is 6.18. The molecule has 0 fully saturated rings. The number of aryl methyl sites for hydroxylation is 1. The van der Waals surface area contributed by atoms with Gasteiger partial charge in [0.25, 0.3) is 0 Å². The van der Waals surface area contributed by atoms with Gasteiger partial charge < -0.3 is 11.1 Å². The summed E-state index contributed by atoms with van der Waals surface area (Å²) in [6.45, 7) is 4.14. The number of fused-ring (bicyclic) bond motifs is 1. The van der Waals surface area contributed by atoms with Crippen molar-refractivity contribution in [1.29, 1.82) is 0 Å². The van der Waals surface area contributed by atoms with Gasteiger partial charge in [0.15, 0.2) is 0 Å². The molecule has 0 spiro atoms. The van der Waals surface area contributed by atoms with Crippen molar-refractivity contribution in [2.75, 3.05) is 13.1 Å². The molecule has 0 saturated carbocycles. The molecule has 1 aromatic carbocycles. The molecule has 17 heavy (non-hydrogen) atoms. The fourth-order valence-electron chi connectivity index (χ4n) is 2.67. The van der Waals surface area contributed by atoms with Crippen LogP contribution in [-0.4, -0.2) is 19.1 Å². The summed E-state index contributed by atoms with van der Waals surface area (Å²) in [5.74, 6) is 0.796. The van der Waals surface area contributed by atoms with Gasteiger partial charge in [-0.3, -0.25) is 0 Å². The SMILES string of the molecule is CC(CCN)NCC1CCc2ccccc2C1. The lowest BCUT2D eigenvalue weighted by atomic mass is 9.84. The molecule has 2 atom stereocenters. The van der Waals surface area contributed by atoms with Crippen molar-refractivity contribution in [1.82, 2.24) is 5.32 Å². The molecule has 1 aromatic rings. The van der Waals surface area contributed by atoms with Gasteiger partial charge in [-0.25, -0.2) is 0 Å². The van der Waals surface area contributed by atoms with Crippen molar-refractivity contribution in [3.8, 4) is 0 Å². The van der Waals surface area contributed by atoms with Crippen molar-refractivity contribution in [3.63, 3.8) is 0 Å². The molecular weight excluding hydrogens is 208 g/mol. The lowest BCUT2D eigenvalue weighted by Gasteiger charge is -2.26. The first-order valence-electron chi connectivity index (χ1n) is 6.80. The van der Waals surface area contributed by atoms with Gasteiger partial charge in [-0.1, -0.05) is 24.3 Å². The number of nitrogens with two attached hydrogens (primary N) is 1. The van der Waals surface area contributed by atoms with Crippen molar-refractivity contribution < 1.29 is 0 Å². The summed E-state index contributed by atoms with van der Waals surface area (Å²) in [7, 11) is 0. The topological polar surface area (TPSA) is 38.0 Å². The van der Waals surface area contributed by atoms with Gasteiger partial charge in [-0.2, -0.15) is 0 Å². The predicted molar refractivity (Wildman–Crippen MR) is 73.1 cm³/mol. The largest absolute Gasteiger partial charge is 0.330 e. The van der Waals surface area contributed by atoms with Crippen LogP contribution in [0.15, 0.2) is 24.3 Å². The highest BCUT2D eigenvalue weighted by molar-refractivity contribution is 5.29. The zero-order valence-corrected chi connectivity index (χ0v) is 10.8. The fraction of sp³-hybridized carbons (Fsp3) is 0.600. The summed E-state index contributed by atoms with van der Waals surface area (Å²) in [6.07, 6.45) is 4.87. The number of benzene rings is 1. The normalized spacial score (nSPS) is 20.9.